The van der Waals surface area contributed by atoms with E-state index in [0.717, 1.165) is 66.7 Å². The van der Waals surface area contributed by atoms with Crippen LogP contribution in [0.4, 0.5) is 5.69 Å². The van der Waals surface area contributed by atoms with E-state index in [9.17, 15) is 0 Å². The Morgan fingerprint density at radius 3 is 2.69 bits per heavy atom. The second kappa shape index (κ2) is 11.6. The van der Waals surface area contributed by atoms with Gasteiger partial charge in [-0.15, -0.1) is 10.2 Å². The minimum absolute atomic E-state index is 0.539. The summed E-state index contributed by atoms with van der Waals surface area (Å²) in [4.78, 5) is 2.42. The second-order valence-corrected chi connectivity index (χ2v) is 8.83. The molecule has 1 saturated heterocycles. The van der Waals surface area contributed by atoms with Crippen LogP contribution in [0.2, 0.25) is 5.02 Å². The summed E-state index contributed by atoms with van der Waals surface area (Å²) >= 11 is 7.99. The lowest BCUT2D eigenvalue weighted by atomic mass is 10.3. The minimum Gasteiger partial charge on any atom is -0.494 e. The molecule has 3 aromatic rings. The van der Waals surface area contributed by atoms with E-state index in [1.165, 1.54) is 0 Å². The molecule has 1 N–H and O–H groups in total. The molecule has 2 heterocycles. The zero-order chi connectivity index (χ0) is 22.2. The first-order chi connectivity index (χ1) is 15.7. The fourth-order valence-electron chi connectivity index (χ4n) is 3.49. The summed E-state index contributed by atoms with van der Waals surface area (Å²) < 4.78 is 13.0. The highest BCUT2D eigenvalue weighted by molar-refractivity contribution is 7.99. The molecule has 0 saturated carbocycles. The number of rotatable bonds is 10. The number of hydrogen-bond acceptors (Lipinski definition) is 7. The average molecular weight is 474 g/mol. The molecule has 0 aliphatic carbocycles. The van der Waals surface area contributed by atoms with Gasteiger partial charge in [0.05, 0.1) is 32.1 Å². The highest BCUT2D eigenvalue weighted by Crippen LogP contribution is 2.25. The van der Waals surface area contributed by atoms with Crippen LogP contribution in [0, 0.1) is 0 Å². The molecule has 0 bridgehead atoms. The molecule has 1 aliphatic rings. The molecular formula is C23H28ClN5O2S. The number of ether oxygens (including phenoxy) is 2. The zero-order valence-corrected chi connectivity index (χ0v) is 19.7. The Morgan fingerprint density at radius 1 is 1.12 bits per heavy atom. The Hall–Kier alpha value is -2.26. The van der Waals surface area contributed by atoms with Gasteiger partial charge in [-0.1, -0.05) is 29.4 Å². The first-order valence-electron chi connectivity index (χ1n) is 10.8. The van der Waals surface area contributed by atoms with Gasteiger partial charge < -0.3 is 14.8 Å². The smallest absolute Gasteiger partial charge is 0.195 e. The van der Waals surface area contributed by atoms with Gasteiger partial charge in [-0.05, 0) is 49.4 Å². The van der Waals surface area contributed by atoms with Crippen molar-refractivity contribution in [3.63, 3.8) is 0 Å². The summed E-state index contributed by atoms with van der Waals surface area (Å²) in [7, 11) is 0. The molecule has 1 aliphatic heterocycles. The lowest BCUT2D eigenvalue weighted by molar-refractivity contribution is 0.0410. The van der Waals surface area contributed by atoms with E-state index in [1.807, 2.05) is 55.5 Å². The van der Waals surface area contributed by atoms with Crippen LogP contribution >= 0.6 is 23.4 Å². The number of thioether (sulfide) groups is 1. The van der Waals surface area contributed by atoms with Crippen LogP contribution in [-0.2, 0) is 11.3 Å². The average Bonchev–Trinajstić information content (AvgIpc) is 3.22. The highest BCUT2D eigenvalue weighted by Gasteiger charge is 2.16. The van der Waals surface area contributed by atoms with Crippen molar-refractivity contribution < 1.29 is 9.47 Å². The molecule has 0 atom stereocenters. The zero-order valence-electron chi connectivity index (χ0n) is 18.2. The minimum atomic E-state index is 0.539. The van der Waals surface area contributed by atoms with Crippen molar-refractivity contribution in [2.24, 2.45) is 0 Å². The van der Waals surface area contributed by atoms with E-state index in [4.69, 9.17) is 21.1 Å². The number of nitrogens with one attached hydrogen (secondary N) is 1. The van der Waals surface area contributed by atoms with Crippen LogP contribution in [0.1, 0.15) is 12.7 Å². The van der Waals surface area contributed by atoms with Crippen molar-refractivity contribution in [1.29, 1.82) is 0 Å². The highest BCUT2D eigenvalue weighted by atomic mass is 35.5. The van der Waals surface area contributed by atoms with Crippen molar-refractivity contribution in [2.75, 3.05) is 50.5 Å². The molecule has 0 amide bonds. The van der Waals surface area contributed by atoms with Gasteiger partial charge in [-0.25, -0.2) is 0 Å². The Kier molecular flexibility index (Phi) is 8.28. The Balaban J connectivity index is 1.47. The summed E-state index contributed by atoms with van der Waals surface area (Å²) in [5, 5.41) is 13.9. The van der Waals surface area contributed by atoms with Crippen molar-refractivity contribution in [2.45, 2.75) is 18.6 Å². The van der Waals surface area contributed by atoms with Gasteiger partial charge in [0.1, 0.15) is 5.75 Å². The van der Waals surface area contributed by atoms with Gasteiger partial charge in [0.25, 0.3) is 0 Å². The maximum Gasteiger partial charge on any atom is 0.195 e. The summed E-state index contributed by atoms with van der Waals surface area (Å²) in [6.45, 7) is 7.76. The quantitative estimate of drug-likeness (QED) is 0.439. The third-order valence-electron chi connectivity index (χ3n) is 5.13. The molecule has 0 radical (unpaired) electrons. The topological polar surface area (TPSA) is 64.4 Å². The van der Waals surface area contributed by atoms with E-state index in [-0.39, 0.29) is 0 Å². The number of aromatic nitrogens is 3. The summed E-state index contributed by atoms with van der Waals surface area (Å²) in [5.74, 6) is 2.62. The van der Waals surface area contributed by atoms with Gasteiger partial charge >= 0.3 is 0 Å². The molecule has 0 spiro atoms. The lowest BCUT2D eigenvalue weighted by Gasteiger charge is -2.26. The van der Waals surface area contributed by atoms with Gasteiger partial charge in [-0.3, -0.25) is 9.47 Å². The summed E-state index contributed by atoms with van der Waals surface area (Å²) in [6, 6.07) is 15.7. The fraction of sp³-hybridized carbons (Fsp3) is 0.391. The third-order valence-corrected chi connectivity index (χ3v) is 6.27. The molecule has 9 heteroatoms. The van der Waals surface area contributed by atoms with Crippen LogP contribution in [0.5, 0.6) is 5.75 Å². The summed E-state index contributed by atoms with van der Waals surface area (Å²) in [6.07, 6.45) is 0. The number of benzene rings is 2. The number of anilines is 1. The van der Waals surface area contributed by atoms with Crippen molar-refractivity contribution in [1.82, 2.24) is 19.7 Å². The van der Waals surface area contributed by atoms with Gasteiger partial charge in [0, 0.05) is 36.1 Å². The predicted octanol–water partition coefficient (Wildman–Crippen LogP) is 4.36. The molecule has 4 rings (SSSR count). The Bertz CT molecular complexity index is 992. The van der Waals surface area contributed by atoms with Gasteiger partial charge in [0.15, 0.2) is 11.0 Å². The normalized spacial score (nSPS) is 14.4. The number of nitrogens with zero attached hydrogens (tertiary/aromatic N) is 4. The monoisotopic (exact) mass is 473 g/mol. The van der Waals surface area contributed by atoms with E-state index in [1.54, 1.807) is 11.8 Å². The van der Waals surface area contributed by atoms with Crippen molar-refractivity contribution in [3.05, 3.63) is 59.4 Å². The third kappa shape index (κ3) is 6.16. The first kappa shape index (κ1) is 22.9. The molecule has 2 aromatic carbocycles. The van der Waals surface area contributed by atoms with E-state index in [0.29, 0.717) is 18.2 Å². The first-order valence-corrected chi connectivity index (χ1v) is 12.2. The SMILES string of the molecule is CCOc1ccc(NCc2nnc(SCCN3CCOCC3)n2-c2cccc(Cl)c2)cc1. The summed E-state index contributed by atoms with van der Waals surface area (Å²) in [5.41, 5.74) is 1.95. The molecular weight excluding hydrogens is 446 g/mol. The van der Waals surface area contributed by atoms with Crippen LogP contribution < -0.4 is 10.1 Å². The Morgan fingerprint density at radius 2 is 1.94 bits per heavy atom. The van der Waals surface area contributed by atoms with Crippen LogP contribution in [0.15, 0.2) is 53.7 Å². The molecule has 32 heavy (non-hydrogen) atoms. The van der Waals surface area contributed by atoms with E-state index in [2.05, 4.69) is 25.0 Å². The van der Waals surface area contributed by atoms with Crippen LogP contribution in [0.25, 0.3) is 5.69 Å². The lowest BCUT2D eigenvalue weighted by Crippen LogP contribution is -2.37. The second-order valence-electron chi connectivity index (χ2n) is 7.33. The maximum absolute atomic E-state index is 6.28. The molecule has 1 fully saturated rings. The number of halogens is 1. The Labute approximate surface area is 198 Å². The number of hydrogen-bond donors (Lipinski definition) is 1. The van der Waals surface area contributed by atoms with Gasteiger partial charge in [-0.2, -0.15) is 0 Å². The van der Waals surface area contributed by atoms with Crippen LogP contribution in [0.3, 0.4) is 0 Å². The van der Waals surface area contributed by atoms with Crippen molar-refractivity contribution in [3.8, 4) is 11.4 Å². The van der Waals surface area contributed by atoms with Crippen molar-refractivity contribution >= 4 is 29.1 Å². The molecule has 0 unspecified atom stereocenters. The molecule has 1 aromatic heterocycles. The van der Waals surface area contributed by atoms with Gasteiger partial charge in [0.2, 0.25) is 0 Å². The molecule has 170 valence electrons. The number of morpholine rings is 1. The molecule has 7 nitrogen and oxygen atoms in total. The maximum atomic E-state index is 6.28. The standard InChI is InChI=1S/C23H28ClN5O2S/c1-2-31-21-8-6-19(7-9-21)25-17-22-26-27-23(29(22)20-5-3-4-18(24)16-20)32-15-12-28-10-13-30-14-11-28/h3-9,16,25H,2,10-15,17H2,1H3. The van der Waals surface area contributed by atoms with E-state index < -0.39 is 0 Å². The fourth-order valence-corrected chi connectivity index (χ4v) is 4.65. The van der Waals surface area contributed by atoms with Crippen LogP contribution in [-0.4, -0.2) is 64.9 Å². The van der Waals surface area contributed by atoms with E-state index >= 15 is 0 Å². The largest absolute Gasteiger partial charge is 0.494 e. The predicted molar refractivity (Wildman–Crippen MR) is 129 cm³/mol.